The molecular weight excluding hydrogens is 604 g/mol. The van der Waals surface area contributed by atoms with Crippen molar-refractivity contribution >= 4 is 73.9 Å². The molecule has 0 spiro atoms. The fourth-order valence-corrected chi connectivity index (χ4v) is 5.95. The van der Waals surface area contributed by atoms with Crippen LogP contribution in [0, 0.1) is 6.92 Å². The Morgan fingerprint density at radius 1 is 0.872 bits per heavy atom. The number of halogens is 4. The van der Waals surface area contributed by atoms with Gasteiger partial charge < -0.3 is 10.2 Å². The zero-order valence-electron chi connectivity index (χ0n) is 21.4. The summed E-state index contributed by atoms with van der Waals surface area (Å²) in [6, 6.07) is 14.5. The molecule has 1 unspecified atom stereocenters. The number of hydrogen-bond acceptors (Lipinski definition) is 4. The Balaban J connectivity index is 2.09. The predicted octanol–water partition coefficient (Wildman–Crippen LogP) is 6.36. The lowest BCUT2D eigenvalue weighted by atomic mass is 10.1. The number of nitrogens with one attached hydrogen (secondary N) is 1. The van der Waals surface area contributed by atoms with Crippen molar-refractivity contribution in [1.29, 1.82) is 0 Å². The van der Waals surface area contributed by atoms with Gasteiger partial charge in [-0.05, 0) is 61.4 Å². The summed E-state index contributed by atoms with van der Waals surface area (Å²) in [5, 5.41) is 3.55. The number of rotatable bonds is 10. The molecule has 0 heterocycles. The van der Waals surface area contributed by atoms with E-state index in [4.69, 9.17) is 46.4 Å². The van der Waals surface area contributed by atoms with E-state index in [-0.39, 0.29) is 38.6 Å². The van der Waals surface area contributed by atoms with Crippen LogP contribution in [0.5, 0.6) is 0 Å². The largest absolute Gasteiger partial charge is 0.357 e. The molecule has 1 atom stereocenters. The molecule has 0 fully saturated rings. The van der Waals surface area contributed by atoms with E-state index in [1.54, 1.807) is 37.3 Å². The summed E-state index contributed by atoms with van der Waals surface area (Å²) in [6.07, 6.45) is 0.282. The van der Waals surface area contributed by atoms with E-state index in [1.807, 2.05) is 6.92 Å². The van der Waals surface area contributed by atoms with Gasteiger partial charge in [-0.15, -0.1) is 0 Å². The highest BCUT2D eigenvalue weighted by Gasteiger charge is 2.33. The van der Waals surface area contributed by atoms with Gasteiger partial charge in [-0.2, -0.15) is 0 Å². The van der Waals surface area contributed by atoms with E-state index in [1.165, 1.54) is 42.3 Å². The van der Waals surface area contributed by atoms with E-state index in [0.717, 1.165) is 9.87 Å². The van der Waals surface area contributed by atoms with Gasteiger partial charge in [0.2, 0.25) is 11.8 Å². The molecule has 7 nitrogen and oxygen atoms in total. The monoisotopic (exact) mass is 629 g/mol. The molecule has 0 saturated heterocycles. The van der Waals surface area contributed by atoms with E-state index >= 15 is 0 Å². The lowest BCUT2D eigenvalue weighted by molar-refractivity contribution is -0.140. The second-order valence-corrected chi connectivity index (χ2v) is 12.2. The molecule has 3 aromatic carbocycles. The van der Waals surface area contributed by atoms with Crippen molar-refractivity contribution in [3.05, 3.63) is 91.9 Å². The van der Waals surface area contributed by atoms with Crippen molar-refractivity contribution in [2.75, 3.05) is 17.9 Å². The summed E-state index contributed by atoms with van der Waals surface area (Å²) in [6.45, 7) is 2.97. The Hall–Kier alpha value is -2.49. The summed E-state index contributed by atoms with van der Waals surface area (Å²) in [4.78, 5) is 28.0. The van der Waals surface area contributed by atoms with Crippen LogP contribution < -0.4 is 9.62 Å². The van der Waals surface area contributed by atoms with Crippen LogP contribution >= 0.6 is 46.4 Å². The lowest BCUT2D eigenvalue weighted by Gasteiger charge is -2.33. The first-order valence-corrected chi connectivity index (χ1v) is 14.8. The molecule has 0 aliphatic carbocycles. The zero-order valence-corrected chi connectivity index (χ0v) is 25.3. The molecule has 2 amide bonds. The minimum atomic E-state index is -4.23. The first-order chi connectivity index (χ1) is 18.4. The van der Waals surface area contributed by atoms with Gasteiger partial charge in [-0.25, -0.2) is 8.42 Å². The first kappa shape index (κ1) is 31.0. The first-order valence-electron chi connectivity index (χ1n) is 11.9. The van der Waals surface area contributed by atoms with Crippen LogP contribution in [0.4, 0.5) is 5.69 Å². The number of amides is 2. The van der Waals surface area contributed by atoms with Gasteiger partial charge in [0.15, 0.2) is 0 Å². The van der Waals surface area contributed by atoms with Crippen LogP contribution in [0.1, 0.15) is 24.5 Å². The molecular formula is C27H27Cl4N3O4S. The maximum atomic E-state index is 13.9. The van der Waals surface area contributed by atoms with Crippen molar-refractivity contribution in [2.45, 2.75) is 37.8 Å². The molecule has 3 aromatic rings. The molecule has 0 bridgehead atoms. The number of hydrogen-bond donors (Lipinski definition) is 1. The number of likely N-dealkylation sites (N-methyl/N-ethyl adjacent to an activating group) is 1. The Bertz CT molecular complexity index is 1470. The average Bonchev–Trinajstić information content (AvgIpc) is 2.90. The van der Waals surface area contributed by atoms with E-state index < -0.39 is 34.4 Å². The van der Waals surface area contributed by atoms with Gasteiger partial charge >= 0.3 is 0 Å². The van der Waals surface area contributed by atoms with Crippen LogP contribution in [-0.4, -0.2) is 44.8 Å². The summed E-state index contributed by atoms with van der Waals surface area (Å²) in [5.74, 6) is -1.01. The van der Waals surface area contributed by atoms with Crippen LogP contribution in [0.25, 0.3) is 0 Å². The van der Waals surface area contributed by atoms with Crippen LogP contribution in [-0.2, 0) is 26.2 Å². The normalized spacial score (nSPS) is 12.1. The highest BCUT2D eigenvalue weighted by Crippen LogP contribution is 2.31. The molecule has 3 rings (SSSR count). The maximum absolute atomic E-state index is 13.9. The smallest absolute Gasteiger partial charge is 0.264 e. The quantitative estimate of drug-likeness (QED) is 0.283. The molecule has 12 heteroatoms. The standard InChI is InChI=1S/C27H27Cl4N3O4S/c1-4-25(27(36)32-3)33(15-18-7-11-21(28)23(30)13-18)26(35)16-34(19-8-12-22(29)24(31)14-19)39(37,38)20-9-5-17(2)6-10-20/h5-14,25H,4,15-16H2,1-3H3,(H,32,36). The number of carbonyl (C=O) groups excluding carboxylic acids is 2. The third-order valence-electron chi connectivity index (χ3n) is 6.05. The molecule has 39 heavy (non-hydrogen) atoms. The second-order valence-electron chi connectivity index (χ2n) is 8.73. The van der Waals surface area contributed by atoms with Crippen molar-refractivity contribution in [1.82, 2.24) is 10.2 Å². The van der Waals surface area contributed by atoms with Gasteiger partial charge in [0.1, 0.15) is 12.6 Å². The predicted molar refractivity (Wildman–Crippen MR) is 157 cm³/mol. The lowest BCUT2D eigenvalue weighted by Crippen LogP contribution is -2.51. The van der Waals surface area contributed by atoms with Crippen molar-refractivity contribution in [3.63, 3.8) is 0 Å². The average molecular weight is 631 g/mol. The number of nitrogens with zero attached hydrogens (tertiary/aromatic N) is 2. The Morgan fingerprint density at radius 3 is 2.00 bits per heavy atom. The van der Waals surface area contributed by atoms with Crippen molar-refractivity contribution in [2.24, 2.45) is 0 Å². The SMILES string of the molecule is CCC(C(=O)NC)N(Cc1ccc(Cl)c(Cl)c1)C(=O)CN(c1ccc(Cl)c(Cl)c1)S(=O)(=O)c1ccc(C)cc1. The fourth-order valence-electron chi connectivity index (χ4n) is 3.93. The minimum Gasteiger partial charge on any atom is -0.357 e. The fraction of sp³-hybridized carbons (Fsp3) is 0.259. The summed E-state index contributed by atoms with van der Waals surface area (Å²) in [7, 11) is -2.76. The van der Waals surface area contributed by atoms with Crippen molar-refractivity contribution in [3.8, 4) is 0 Å². The summed E-state index contributed by atoms with van der Waals surface area (Å²) < 4.78 is 28.6. The topological polar surface area (TPSA) is 86.8 Å². The number of anilines is 1. The van der Waals surface area contributed by atoms with Gasteiger partial charge in [0, 0.05) is 13.6 Å². The molecule has 0 aliphatic heterocycles. The third kappa shape index (κ3) is 7.38. The molecule has 0 saturated carbocycles. The Kier molecular flexibility index (Phi) is 10.5. The molecule has 1 N–H and O–H groups in total. The van der Waals surface area contributed by atoms with Crippen LogP contribution in [0.2, 0.25) is 20.1 Å². The van der Waals surface area contributed by atoms with E-state index in [2.05, 4.69) is 5.32 Å². The van der Waals surface area contributed by atoms with E-state index in [0.29, 0.717) is 10.6 Å². The zero-order chi connectivity index (χ0) is 28.9. The Labute approximate surface area is 248 Å². The molecule has 208 valence electrons. The summed E-state index contributed by atoms with van der Waals surface area (Å²) in [5.41, 5.74) is 1.62. The highest BCUT2D eigenvalue weighted by molar-refractivity contribution is 7.92. The van der Waals surface area contributed by atoms with Gasteiger partial charge in [-0.3, -0.25) is 13.9 Å². The van der Waals surface area contributed by atoms with Gasteiger partial charge in [-0.1, -0.05) is 77.1 Å². The second kappa shape index (κ2) is 13.2. The Morgan fingerprint density at radius 2 is 1.46 bits per heavy atom. The van der Waals surface area contributed by atoms with Crippen LogP contribution in [0.3, 0.4) is 0 Å². The molecule has 0 aromatic heterocycles. The number of sulfonamides is 1. The summed E-state index contributed by atoms with van der Waals surface area (Å²) >= 11 is 24.5. The third-order valence-corrected chi connectivity index (χ3v) is 9.31. The van der Waals surface area contributed by atoms with Crippen LogP contribution in [0.15, 0.2) is 65.6 Å². The molecule has 0 radical (unpaired) electrons. The molecule has 0 aliphatic rings. The minimum absolute atomic E-state index is 0.0125. The van der Waals surface area contributed by atoms with Gasteiger partial charge in [0.25, 0.3) is 10.0 Å². The number of carbonyl (C=O) groups is 2. The number of benzene rings is 3. The number of aryl methyl sites for hydroxylation is 1. The van der Waals surface area contributed by atoms with Gasteiger partial charge in [0.05, 0.1) is 30.7 Å². The highest BCUT2D eigenvalue weighted by atomic mass is 35.5. The maximum Gasteiger partial charge on any atom is 0.264 e. The van der Waals surface area contributed by atoms with E-state index in [9.17, 15) is 18.0 Å². The van der Waals surface area contributed by atoms with Crippen molar-refractivity contribution < 1.29 is 18.0 Å².